The second-order valence-corrected chi connectivity index (χ2v) is 4.31. The van der Waals surface area contributed by atoms with Crippen molar-refractivity contribution in [3.05, 3.63) is 42.0 Å². The van der Waals surface area contributed by atoms with E-state index in [1.54, 1.807) is 0 Å². The highest BCUT2D eigenvalue weighted by Crippen LogP contribution is 2.31. The third-order valence-electron chi connectivity index (χ3n) is 3.20. The van der Waals surface area contributed by atoms with Gasteiger partial charge in [-0.15, -0.1) is 0 Å². The molecule has 3 nitrogen and oxygen atoms in total. The molecule has 0 bridgehead atoms. The molecule has 0 radical (unpaired) electrons. The van der Waals surface area contributed by atoms with Gasteiger partial charge in [-0.3, -0.25) is 4.90 Å². The smallest absolute Gasteiger partial charge is 0.142 e. The lowest BCUT2D eigenvalue weighted by Gasteiger charge is -2.29. The molecule has 88 valence electrons. The molecule has 0 saturated heterocycles. The molecule has 3 heteroatoms. The Labute approximate surface area is 100 Å². The molecule has 0 aromatic heterocycles. The van der Waals surface area contributed by atoms with E-state index >= 15 is 0 Å². The lowest BCUT2D eigenvalue weighted by atomic mass is 10.0. The molecule has 2 aromatic rings. The fourth-order valence-electron chi connectivity index (χ4n) is 2.33. The molecule has 3 rings (SSSR count). The van der Waals surface area contributed by atoms with Gasteiger partial charge in [0.1, 0.15) is 12.5 Å². The maximum atomic E-state index is 8.98. The standard InChI is InChI=1S/C14H15NO2/c16-8-7-15-9-13-12-4-2-1-3-11(12)5-6-14(13)17-10-15/h1-6,16H,7-10H2. The van der Waals surface area contributed by atoms with Crippen molar-refractivity contribution in [2.75, 3.05) is 19.9 Å². The van der Waals surface area contributed by atoms with E-state index in [9.17, 15) is 0 Å². The Kier molecular flexibility index (Phi) is 2.71. The number of β-amino-alcohol motifs (C(OH)–C–C–N with tert-alkyl or cyclic N) is 1. The van der Waals surface area contributed by atoms with Gasteiger partial charge < -0.3 is 9.84 Å². The number of hydrogen-bond donors (Lipinski definition) is 1. The zero-order valence-electron chi connectivity index (χ0n) is 9.60. The summed E-state index contributed by atoms with van der Waals surface area (Å²) in [7, 11) is 0. The molecule has 0 unspecified atom stereocenters. The number of nitrogens with zero attached hydrogens (tertiary/aromatic N) is 1. The topological polar surface area (TPSA) is 32.7 Å². The second kappa shape index (κ2) is 4.35. The van der Waals surface area contributed by atoms with Gasteiger partial charge in [0.25, 0.3) is 0 Å². The summed E-state index contributed by atoms with van der Waals surface area (Å²) in [6.45, 7) is 2.23. The Morgan fingerprint density at radius 2 is 2.06 bits per heavy atom. The van der Waals surface area contributed by atoms with E-state index in [0.29, 0.717) is 13.3 Å². The molecule has 1 aliphatic rings. The maximum absolute atomic E-state index is 8.98. The molecular weight excluding hydrogens is 214 g/mol. The molecule has 1 heterocycles. The van der Waals surface area contributed by atoms with Crippen molar-refractivity contribution in [3.8, 4) is 5.75 Å². The Morgan fingerprint density at radius 3 is 2.94 bits per heavy atom. The van der Waals surface area contributed by atoms with Crippen molar-refractivity contribution in [1.82, 2.24) is 4.90 Å². The molecule has 1 N–H and O–H groups in total. The molecule has 0 spiro atoms. The highest BCUT2D eigenvalue weighted by atomic mass is 16.5. The van der Waals surface area contributed by atoms with E-state index in [1.807, 2.05) is 18.2 Å². The molecule has 17 heavy (non-hydrogen) atoms. The van der Waals surface area contributed by atoms with Crippen LogP contribution in [-0.2, 0) is 6.54 Å². The molecule has 0 fully saturated rings. The number of hydrogen-bond acceptors (Lipinski definition) is 3. The zero-order chi connectivity index (χ0) is 11.7. The van der Waals surface area contributed by atoms with Crippen molar-refractivity contribution in [3.63, 3.8) is 0 Å². The van der Waals surface area contributed by atoms with Crippen LogP contribution in [0.5, 0.6) is 5.75 Å². The molecule has 1 aliphatic heterocycles. The first kappa shape index (κ1) is 10.6. The predicted octanol–water partition coefficient (Wildman–Crippen LogP) is 1.98. The summed E-state index contributed by atoms with van der Waals surface area (Å²) < 4.78 is 5.71. The van der Waals surface area contributed by atoms with E-state index in [4.69, 9.17) is 9.84 Å². The number of rotatable bonds is 2. The predicted molar refractivity (Wildman–Crippen MR) is 66.9 cm³/mol. The number of fused-ring (bicyclic) bond motifs is 3. The number of benzene rings is 2. The Morgan fingerprint density at radius 1 is 1.18 bits per heavy atom. The van der Waals surface area contributed by atoms with Crippen LogP contribution in [0.1, 0.15) is 5.56 Å². The van der Waals surface area contributed by atoms with E-state index < -0.39 is 0 Å². The summed E-state index contributed by atoms with van der Waals surface area (Å²) in [5.74, 6) is 0.970. The number of ether oxygens (including phenoxy) is 1. The normalized spacial score (nSPS) is 15.6. The number of aliphatic hydroxyl groups excluding tert-OH is 1. The Hall–Kier alpha value is -1.58. The monoisotopic (exact) mass is 229 g/mol. The first-order valence-corrected chi connectivity index (χ1v) is 5.85. The van der Waals surface area contributed by atoms with E-state index in [2.05, 4.69) is 23.1 Å². The lowest BCUT2D eigenvalue weighted by Crippen LogP contribution is -2.34. The van der Waals surface area contributed by atoms with Gasteiger partial charge in [0.2, 0.25) is 0 Å². The van der Waals surface area contributed by atoms with Crippen LogP contribution in [0.2, 0.25) is 0 Å². The molecule has 0 aliphatic carbocycles. The van der Waals surface area contributed by atoms with E-state index in [1.165, 1.54) is 16.3 Å². The molecule has 0 saturated carbocycles. The van der Waals surface area contributed by atoms with Crippen molar-refractivity contribution in [2.45, 2.75) is 6.54 Å². The van der Waals surface area contributed by atoms with Crippen LogP contribution >= 0.6 is 0 Å². The lowest BCUT2D eigenvalue weighted by molar-refractivity contribution is 0.0780. The van der Waals surface area contributed by atoms with Crippen molar-refractivity contribution >= 4 is 10.8 Å². The van der Waals surface area contributed by atoms with Gasteiger partial charge in [0.15, 0.2) is 0 Å². The highest BCUT2D eigenvalue weighted by molar-refractivity contribution is 5.87. The van der Waals surface area contributed by atoms with Gasteiger partial charge in [-0.2, -0.15) is 0 Å². The van der Waals surface area contributed by atoms with Gasteiger partial charge in [0.05, 0.1) is 6.61 Å². The fourth-order valence-corrected chi connectivity index (χ4v) is 2.33. The molecule has 0 atom stereocenters. The first-order valence-electron chi connectivity index (χ1n) is 5.85. The average molecular weight is 229 g/mol. The van der Waals surface area contributed by atoms with Crippen LogP contribution in [-0.4, -0.2) is 29.9 Å². The minimum absolute atomic E-state index is 0.170. The van der Waals surface area contributed by atoms with Crippen LogP contribution in [0, 0.1) is 0 Å². The van der Waals surface area contributed by atoms with Gasteiger partial charge in [0, 0.05) is 18.7 Å². The van der Waals surface area contributed by atoms with Gasteiger partial charge in [-0.1, -0.05) is 30.3 Å². The van der Waals surface area contributed by atoms with Crippen molar-refractivity contribution in [1.29, 1.82) is 0 Å². The van der Waals surface area contributed by atoms with Crippen molar-refractivity contribution < 1.29 is 9.84 Å². The first-order chi connectivity index (χ1) is 8.38. The zero-order valence-corrected chi connectivity index (χ0v) is 9.60. The van der Waals surface area contributed by atoms with Crippen LogP contribution in [0.15, 0.2) is 36.4 Å². The summed E-state index contributed by atoms with van der Waals surface area (Å²) >= 11 is 0. The maximum Gasteiger partial charge on any atom is 0.142 e. The van der Waals surface area contributed by atoms with Gasteiger partial charge in [-0.05, 0) is 16.8 Å². The third kappa shape index (κ3) is 1.88. The van der Waals surface area contributed by atoms with Gasteiger partial charge in [-0.25, -0.2) is 0 Å². The van der Waals surface area contributed by atoms with Crippen molar-refractivity contribution in [2.24, 2.45) is 0 Å². The SMILES string of the molecule is OCCN1COc2ccc3ccccc3c2C1. The van der Waals surface area contributed by atoms with Crippen LogP contribution in [0.4, 0.5) is 0 Å². The molecule has 0 amide bonds. The second-order valence-electron chi connectivity index (χ2n) is 4.31. The summed E-state index contributed by atoms with van der Waals surface area (Å²) in [6.07, 6.45) is 0. The van der Waals surface area contributed by atoms with E-state index in [-0.39, 0.29) is 6.61 Å². The molecule has 2 aromatic carbocycles. The minimum Gasteiger partial charge on any atom is -0.478 e. The average Bonchev–Trinajstić information content (AvgIpc) is 2.39. The van der Waals surface area contributed by atoms with Crippen LogP contribution in [0.25, 0.3) is 10.8 Å². The van der Waals surface area contributed by atoms with Crippen LogP contribution < -0.4 is 4.74 Å². The summed E-state index contributed by atoms with van der Waals surface area (Å²) in [6, 6.07) is 12.5. The quantitative estimate of drug-likeness (QED) is 0.854. The highest BCUT2D eigenvalue weighted by Gasteiger charge is 2.18. The third-order valence-corrected chi connectivity index (χ3v) is 3.20. The largest absolute Gasteiger partial charge is 0.478 e. The molecular formula is C14H15NO2. The van der Waals surface area contributed by atoms with Gasteiger partial charge >= 0.3 is 0 Å². The van der Waals surface area contributed by atoms with Crippen LogP contribution in [0.3, 0.4) is 0 Å². The minimum atomic E-state index is 0.170. The Balaban J connectivity index is 2.06. The Bertz CT molecular complexity index is 539. The fraction of sp³-hybridized carbons (Fsp3) is 0.286. The van der Waals surface area contributed by atoms with E-state index in [0.717, 1.165) is 12.3 Å². The summed E-state index contributed by atoms with van der Waals surface area (Å²) in [5.41, 5.74) is 1.22. The number of aliphatic hydroxyl groups is 1. The summed E-state index contributed by atoms with van der Waals surface area (Å²) in [4.78, 5) is 2.11. The summed E-state index contributed by atoms with van der Waals surface area (Å²) in [5, 5.41) is 11.5.